The first-order chi connectivity index (χ1) is 8.73. The molecule has 1 aliphatic rings. The number of carbonyl (C=O) groups excluding carboxylic acids is 1. The lowest BCUT2D eigenvalue weighted by Crippen LogP contribution is -2.50. The average Bonchev–Trinajstić information content (AvgIpc) is 2.78. The van der Waals surface area contributed by atoms with Gasteiger partial charge in [0, 0.05) is 0 Å². The van der Waals surface area contributed by atoms with Crippen molar-refractivity contribution >= 4 is 5.97 Å². The molecule has 0 unspecified atom stereocenters. The first kappa shape index (κ1) is 16.3. The molecule has 112 valence electrons. The molecule has 3 nitrogen and oxygen atoms in total. The van der Waals surface area contributed by atoms with Crippen LogP contribution in [-0.2, 0) is 9.53 Å². The highest BCUT2D eigenvalue weighted by atomic mass is 19.4. The minimum atomic E-state index is -4.57. The summed E-state index contributed by atoms with van der Waals surface area (Å²) in [5, 5.41) is 0. The fourth-order valence-corrected chi connectivity index (χ4v) is 2.50. The van der Waals surface area contributed by atoms with Crippen LogP contribution in [0.25, 0.3) is 0 Å². The molecule has 0 aliphatic heterocycles. The Morgan fingerprint density at radius 3 is 2.26 bits per heavy atom. The minimum Gasteiger partial charge on any atom is -0.465 e. The normalized spacial score (nSPS) is 20.6. The Morgan fingerprint density at radius 2 is 1.84 bits per heavy atom. The molecule has 1 fully saturated rings. The highest BCUT2D eigenvalue weighted by Gasteiger charge is 2.49. The minimum absolute atomic E-state index is 0.0929. The molecular weight excluding hydrogens is 259 g/mol. The Labute approximate surface area is 111 Å². The van der Waals surface area contributed by atoms with Crippen molar-refractivity contribution in [2.24, 2.45) is 23.5 Å². The van der Waals surface area contributed by atoms with Gasteiger partial charge in [-0.15, -0.1) is 0 Å². The number of hydrogen-bond acceptors (Lipinski definition) is 3. The lowest BCUT2D eigenvalue weighted by molar-refractivity contribution is -0.181. The quantitative estimate of drug-likeness (QED) is 0.788. The summed E-state index contributed by atoms with van der Waals surface area (Å²) in [7, 11) is 0. The van der Waals surface area contributed by atoms with Crippen LogP contribution in [0.3, 0.4) is 0 Å². The molecule has 0 bridgehead atoms. The Morgan fingerprint density at radius 1 is 1.32 bits per heavy atom. The van der Waals surface area contributed by atoms with Gasteiger partial charge in [0.05, 0.1) is 12.5 Å². The van der Waals surface area contributed by atoms with Crippen molar-refractivity contribution in [1.29, 1.82) is 0 Å². The van der Waals surface area contributed by atoms with Gasteiger partial charge in [0.15, 0.2) is 0 Å². The molecule has 19 heavy (non-hydrogen) atoms. The summed E-state index contributed by atoms with van der Waals surface area (Å²) < 4.78 is 43.3. The zero-order valence-corrected chi connectivity index (χ0v) is 11.4. The zero-order chi connectivity index (χ0) is 14.6. The van der Waals surface area contributed by atoms with E-state index in [4.69, 9.17) is 10.5 Å². The standard InChI is InChI=1S/C13H22F3NO2/c1-8(2)7-19-12(18)10(9-5-3-4-6-9)11(17)13(14,15)16/h8-11H,3-7,17H2,1-2H3/t10-,11-/m0/s1. The van der Waals surface area contributed by atoms with E-state index < -0.39 is 24.1 Å². The van der Waals surface area contributed by atoms with Gasteiger partial charge in [-0.2, -0.15) is 13.2 Å². The first-order valence-electron chi connectivity index (χ1n) is 6.72. The van der Waals surface area contributed by atoms with E-state index in [9.17, 15) is 18.0 Å². The molecule has 2 atom stereocenters. The highest BCUT2D eigenvalue weighted by molar-refractivity contribution is 5.74. The van der Waals surface area contributed by atoms with E-state index in [0.717, 1.165) is 12.8 Å². The topological polar surface area (TPSA) is 52.3 Å². The molecule has 1 saturated carbocycles. The maximum absolute atomic E-state index is 12.8. The summed E-state index contributed by atoms with van der Waals surface area (Å²) in [4.78, 5) is 11.9. The number of carbonyl (C=O) groups is 1. The third kappa shape index (κ3) is 4.67. The molecule has 0 aromatic heterocycles. The maximum Gasteiger partial charge on any atom is 0.404 e. The van der Waals surface area contributed by atoms with Gasteiger partial charge >= 0.3 is 12.1 Å². The largest absolute Gasteiger partial charge is 0.465 e. The van der Waals surface area contributed by atoms with Crippen LogP contribution in [0.5, 0.6) is 0 Å². The summed E-state index contributed by atoms with van der Waals surface area (Å²) in [6.45, 7) is 3.80. The third-order valence-corrected chi connectivity index (χ3v) is 3.50. The second-order valence-corrected chi connectivity index (χ2v) is 5.66. The van der Waals surface area contributed by atoms with Crippen molar-refractivity contribution in [3.63, 3.8) is 0 Å². The van der Waals surface area contributed by atoms with E-state index in [2.05, 4.69) is 0 Å². The van der Waals surface area contributed by atoms with Crippen LogP contribution in [0.15, 0.2) is 0 Å². The molecule has 0 saturated heterocycles. The number of hydrogen-bond donors (Lipinski definition) is 1. The van der Waals surface area contributed by atoms with Gasteiger partial charge in [-0.05, 0) is 24.7 Å². The van der Waals surface area contributed by atoms with Gasteiger partial charge in [-0.1, -0.05) is 26.7 Å². The lowest BCUT2D eigenvalue weighted by Gasteiger charge is -2.29. The second-order valence-electron chi connectivity index (χ2n) is 5.66. The number of nitrogens with two attached hydrogens (primary N) is 1. The van der Waals surface area contributed by atoms with Crippen LogP contribution < -0.4 is 5.73 Å². The summed E-state index contributed by atoms with van der Waals surface area (Å²) in [6, 6.07) is -2.13. The van der Waals surface area contributed by atoms with E-state index in [1.807, 2.05) is 13.8 Å². The molecule has 0 spiro atoms. The summed E-state index contributed by atoms with van der Waals surface area (Å²) in [5.74, 6) is -2.28. The van der Waals surface area contributed by atoms with Crippen molar-refractivity contribution in [2.45, 2.75) is 51.7 Å². The number of alkyl halides is 3. The van der Waals surface area contributed by atoms with Gasteiger partial charge in [0.2, 0.25) is 0 Å². The summed E-state index contributed by atoms with van der Waals surface area (Å²) in [6.07, 6.45) is -1.63. The van der Waals surface area contributed by atoms with Crippen molar-refractivity contribution in [2.75, 3.05) is 6.61 Å². The van der Waals surface area contributed by atoms with Crippen LogP contribution in [0, 0.1) is 17.8 Å². The van der Waals surface area contributed by atoms with Crippen LogP contribution >= 0.6 is 0 Å². The molecule has 0 aromatic carbocycles. The van der Waals surface area contributed by atoms with Crippen LogP contribution in [0.1, 0.15) is 39.5 Å². The fraction of sp³-hybridized carbons (Fsp3) is 0.923. The fourth-order valence-electron chi connectivity index (χ4n) is 2.50. The van der Waals surface area contributed by atoms with Gasteiger partial charge in [0.25, 0.3) is 0 Å². The molecular formula is C13H22F3NO2. The van der Waals surface area contributed by atoms with Crippen molar-refractivity contribution in [3.8, 4) is 0 Å². The van der Waals surface area contributed by atoms with E-state index in [1.54, 1.807) is 0 Å². The lowest BCUT2D eigenvalue weighted by atomic mass is 9.84. The summed E-state index contributed by atoms with van der Waals surface area (Å²) in [5.41, 5.74) is 5.26. The molecule has 0 aromatic rings. The third-order valence-electron chi connectivity index (χ3n) is 3.50. The maximum atomic E-state index is 12.8. The van der Waals surface area contributed by atoms with Crippen LogP contribution in [0.2, 0.25) is 0 Å². The molecule has 1 aliphatic carbocycles. The van der Waals surface area contributed by atoms with Gasteiger partial charge in [-0.25, -0.2) is 0 Å². The number of rotatable bonds is 5. The number of esters is 1. The predicted molar refractivity (Wildman–Crippen MR) is 65.3 cm³/mol. The monoisotopic (exact) mass is 281 g/mol. The average molecular weight is 281 g/mol. The molecule has 2 N–H and O–H groups in total. The number of halogens is 3. The Balaban J connectivity index is 2.76. The zero-order valence-electron chi connectivity index (χ0n) is 11.4. The summed E-state index contributed by atoms with van der Waals surface area (Å²) >= 11 is 0. The van der Waals surface area contributed by atoms with Crippen molar-refractivity contribution in [3.05, 3.63) is 0 Å². The van der Waals surface area contributed by atoms with Crippen LogP contribution in [-0.4, -0.2) is 24.8 Å². The SMILES string of the molecule is CC(C)COC(=O)[C@@H](C1CCCC1)[C@H](N)C(F)(F)F. The Bertz CT molecular complexity index is 299. The van der Waals surface area contributed by atoms with Crippen LogP contribution in [0.4, 0.5) is 13.2 Å². The smallest absolute Gasteiger partial charge is 0.404 e. The van der Waals surface area contributed by atoms with E-state index in [1.165, 1.54) is 0 Å². The molecule has 0 heterocycles. The molecule has 1 rings (SSSR count). The van der Waals surface area contributed by atoms with Gasteiger partial charge in [-0.3, -0.25) is 4.79 Å². The van der Waals surface area contributed by atoms with E-state index in [-0.39, 0.29) is 18.4 Å². The van der Waals surface area contributed by atoms with Crippen molar-refractivity contribution in [1.82, 2.24) is 0 Å². The van der Waals surface area contributed by atoms with Gasteiger partial charge in [0.1, 0.15) is 6.04 Å². The molecule has 0 amide bonds. The second kappa shape index (κ2) is 6.59. The van der Waals surface area contributed by atoms with Crippen molar-refractivity contribution < 1.29 is 22.7 Å². The van der Waals surface area contributed by atoms with Gasteiger partial charge < -0.3 is 10.5 Å². The van der Waals surface area contributed by atoms with E-state index >= 15 is 0 Å². The molecule has 6 heteroatoms. The molecule has 0 radical (unpaired) electrons. The first-order valence-corrected chi connectivity index (χ1v) is 6.72. The highest BCUT2D eigenvalue weighted by Crippen LogP contribution is 2.37. The number of ether oxygens (including phenoxy) is 1. The Hall–Kier alpha value is -0.780. The Kier molecular flexibility index (Phi) is 5.64. The van der Waals surface area contributed by atoms with E-state index in [0.29, 0.717) is 12.8 Å². The predicted octanol–water partition coefficient (Wildman–Crippen LogP) is 2.88.